The largest absolute Gasteiger partial charge is 0.486 e. The van der Waals surface area contributed by atoms with Crippen molar-refractivity contribution in [1.29, 1.82) is 5.41 Å². The first-order valence-electron chi connectivity index (χ1n) is 12.4. The third-order valence-electron chi connectivity index (χ3n) is 6.75. The van der Waals surface area contributed by atoms with Crippen molar-refractivity contribution in [3.05, 3.63) is 48.0 Å². The molecular formula is C26H30Cl2N6O4. The number of halogens is 2. The Morgan fingerprint density at radius 1 is 1.26 bits per heavy atom. The number of ether oxygens (including phenoxy) is 1. The highest BCUT2D eigenvalue weighted by Crippen LogP contribution is 2.54. The van der Waals surface area contributed by atoms with Gasteiger partial charge < -0.3 is 20.3 Å². The second-order valence-corrected chi connectivity index (χ2v) is 11.1. The van der Waals surface area contributed by atoms with Gasteiger partial charge in [0.25, 0.3) is 0 Å². The fourth-order valence-corrected chi connectivity index (χ4v) is 5.23. The Balaban J connectivity index is 1.39. The number of rotatable bonds is 11. The molecule has 1 saturated carbocycles. The van der Waals surface area contributed by atoms with Gasteiger partial charge in [0.05, 0.1) is 6.54 Å². The number of nitrogens with one attached hydrogen (secondary N) is 3. The summed E-state index contributed by atoms with van der Waals surface area (Å²) in [6.45, 7) is 3.65. The smallest absolute Gasteiger partial charge is 0.243 e. The molecule has 2 aliphatic rings. The number of ketones is 1. The number of amides is 2. The molecule has 2 fully saturated rings. The van der Waals surface area contributed by atoms with Gasteiger partial charge in [-0.2, -0.15) is 0 Å². The SMILES string of the molecule is CC(=O)C(=N)c1cc(OCc2ncccn2)ccc1NCC(=O)N1CCC[C@H]1C(=O)NC(C)C1CC1(Cl)Cl. The zero-order valence-corrected chi connectivity index (χ0v) is 22.7. The van der Waals surface area contributed by atoms with Crippen LogP contribution in [0, 0.1) is 11.3 Å². The molecule has 1 aliphatic carbocycles. The second kappa shape index (κ2) is 11.7. The lowest BCUT2D eigenvalue weighted by Crippen LogP contribution is -2.50. The van der Waals surface area contributed by atoms with Crippen LogP contribution in [0.2, 0.25) is 0 Å². The summed E-state index contributed by atoms with van der Waals surface area (Å²) < 4.78 is 4.93. The number of hydrogen-bond acceptors (Lipinski definition) is 8. The van der Waals surface area contributed by atoms with E-state index in [1.165, 1.54) is 6.92 Å². The zero-order chi connectivity index (χ0) is 27.4. The predicted octanol–water partition coefficient (Wildman–Crippen LogP) is 3.11. The first-order chi connectivity index (χ1) is 18.1. The van der Waals surface area contributed by atoms with E-state index in [1.54, 1.807) is 41.6 Å². The number of nitrogens with zero attached hydrogens (tertiary/aromatic N) is 3. The predicted molar refractivity (Wildman–Crippen MR) is 144 cm³/mol. The summed E-state index contributed by atoms with van der Waals surface area (Å²) in [6, 6.07) is 5.83. The van der Waals surface area contributed by atoms with Crippen LogP contribution in [0.3, 0.4) is 0 Å². The number of carbonyl (C=O) groups is 3. The molecule has 38 heavy (non-hydrogen) atoms. The maximum absolute atomic E-state index is 13.1. The number of aromatic nitrogens is 2. The number of anilines is 1. The Kier molecular flexibility index (Phi) is 8.52. The standard InChI is InChI=1S/C26H30Cl2N6O4/c1-15(19-12-26(19,27)28)33-25(37)21-5-3-10-34(21)23(36)13-32-20-7-6-17(11-18(20)24(29)16(2)35)38-14-22-30-8-4-9-31-22/h4,6-9,11,15,19,21,29,32H,3,5,10,12-14H2,1-2H3,(H,33,37)/t15?,19?,21-/m0/s1. The molecule has 10 nitrogen and oxygen atoms in total. The minimum atomic E-state index is -0.803. The maximum atomic E-state index is 13.1. The molecule has 2 amide bonds. The Morgan fingerprint density at radius 3 is 2.63 bits per heavy atom. The molecule has 202 valence electrons. The number of benzene rings is 1. The van der Waals surface area contributed by atoms with E-state index in [0.29, 0.717) is 48.6 Å². The van der Waals surface area contributed by atoms with Crippen LogP contribution >= 0.6 is 23.2 Å². The summed E-state index contributed by atoms with van der Waals surface area (Å²) in [4.78, 5) is 47.8. The molecule has 12 heteroatoms. The summed E-state index contributed by atoms with van der Waals surface area (Å²) in [5, 5.41) is 14.2. The molecule has 2 aromatic rings. The number of likely N-dealkylation sites (tertiary alicyclic amines) is 1. The summed E-state index contributed by atoms with van der Waals surface area (Å²) in [5.41, 5.74) is 0.518. The van der Waals surface area contributed by atoms with E-state index >= 15 is 0 Å². The summed E-state index contributed by atoms with van der Waals surface area (Å²) in [7, 11) is 0. The monoisotopic (exact) mass is 560 g/mol. The molecule has 2 heterocycles. The molecule has 3 atom stereocenters. The lowest BCUT2D eigenvalue weighted by atomic mass is 10.0. The van der Waals surface area contributed by atoms with Crippen molar-refractivity contribution in [1.82, 2.24) is 20.2 Å². The van der Waals surface area contributed by atoms with Crippen LogP contribution in [0.15, 0.2) is 36.7 Å². The minimum absolute atomic E-state index is 0.0100. The lowest BCUT2D eigenvalue weighted by Gasteiger charge is -2.26. The lowest BCUT2D eigenvalue weighted by molar-refractivity contribution is -0.137. The molecule has 1 aromatic heterocycles. The van der Waals surface area contributed by atoms with Crippen molar-refractivity contribution >= 4 is 52.2 Å². The van der Waals surface area contributed by atoms with Crippen LogP contribution in [-0.4, -0.2) is 67.7 Å². The fourth-order valence-electron chi connectivity index (χ4n) is 4.52. The van der Waals surface area contributed by atoms with Crippen molar-refractivity contribution in [3.8, 4) is 5.75 Å². The van der Waals surface area contributed by atoms with E-state index in [-0.39, 0.29) is 42.6 Å². The van der Waals surface area contributed by atoms with Crippen molar-refractivity contribution in [2.24, 2.45) is 5.92 Å². The summed E-state index contributed by atoms with van der Waals surface area (Å²) in [5.74, 6) is -0.000754. The number of carbonyl (C=O) groups excluding carboxylic acids is 3. The average Bonchev–Trinajstić information content (AvgIpc) is 3.29. The molecule has 1 aromatic carbocycles. The first-order valence-corrected chi connectivity index (χ1v) is 13.2. The third-order valence-corrected chi connectivity index (χ3v) is 7.62. The molecular weight excluding hydrogens is 531 g/mol. The quantitative estimate of drug-likeness (QED) is 0.283. The van der Waals surface area contributed by atoms with Crippen LogP contribution in [0.1, 0.15) is 44.5 Å². The fraction of sp³-hybridized carbons (Fsp3) is 0.462. The van der Waals surface area contributed by atoms with Crippen LogP contribution < -0.4 is 15.4 Å². The second-order valence-electron chi connectivity index (χ2n) is 9.56. The highest BCUT2D eigenvalue weighted by molar-refractivity contribution is 6.51. The molecule has 3 N–H and O–H groups in total. The Bertz CT molecular complexity index is 1230. The van der Waals surface area contributed by atoms with Gasteiger partial charge in [-0.25, -0.2) is 9.97 Å². The van der Waals surface area contributed by atoms with Crippen molar-refractivity contribution < 1.29 is 19.1 Å². The van der Waals surface area contributed by atoms with E-state index in [9.17, 15) is 14.4 Å². The molecule has 0 spiro atoms. The number of Topliss-reactive ketones (excluding diaryl/α,β-unsaturated/α-hetero) is 1. The molecule has 4 rings (SSSR count). The van der Waals surface area contributed by atoms with E-state index in [1.807, 2.05) is 6.92 Å². The van der Waals surface area contributed by atoms with Gasteiger partial charge in [-0.05, 0) is 50.5 Å². The van der Waals surface area contributed by atoms with Crippen molar-refractivity contribution in [2.45, 2.75) is 56.1 Å². The normalized spacial score (nSPS) is 20.4. The van der Waals surface area contributed by atoms with Crippen LogP contribution in [-0.2, 0) is 21.0 Å². The molecule has 0 radical (unpaired) electrons. The van der Waals surface area contributed by atoms with E-state index < -0.39 is 16.2 Å². The van der Waals surface area contributed by atoms with Gasteiger partial charge in [-0.15, -0.1) is 23.2 Å². The van der Waals surface area contributed by atoms with Gasteiger partial charge in [0, 0.05) is 49.1 Å². The maximum Gasteiger partial charge on any atom is 0.243 e. The highest BCUT2D eigenvalue weighted by atomic mass is 35.5. The van der Waals surface area contributed by atoms with E-state index in [2.05, 4.69) is 20.6 Å². The van der Waals surface area contributed by atoms with Gasteiger partial charge in [0.15, 0.2) is 11.6 Å². The number of hydrogen-bond donors (Lipinski definition) is 3. The Labute approximate surface area is 231 Å². The summed E-state index contributed by atoms with van der Waals surface area (Å²) in [6.07, 6.45) is 5.13. The van der Waals surface area contributed by atoms with Crippen molar-refractivity contribution in [3.63, 3.8) is 0 Å². The molecule has 1 saturated heterocycles. The number of alkyl halides is 2. The molecule has 1 aliphatic heterocycles. The molecule has 2 unspecified atom stereocenters. The minimum Gasteiger partial charge on any atom is -0.486 e. The highest BCUT2D eigenvalue weighted by Gasteiger charge is 2.55. The van der Waals surface area contributed by atoms with Gasteiger partial charge in [0.1, 0.15) is 28.4 Å². The average molecular weight is 561 g/mol. The Hall–Kier alpha value is -3.24. The van der Waals surface area contributed by atoms with Gasteiger partial charge in [-0.1, -0.05) is 0 Å². The summed E-state index contributed by atoms with van der Waals surface area (Å²) >= 11 is 12.3. The van der Waals surface area contributed by atoms with Crippen LogP contribution in [0.4, 0.5) is 5.69 Å². The van der Waals surface area contributed by atoms with Crippen LogP contribution in [0.25, 0.3) is 0 Å². The van der Waals surface area contributed by atoms with E-state index in [0.717, 1.165) is 0 Å². The third kappa shape index (κ3) is 6.60. The van der Waals surface area contributed by atoms with E-state index in [4.69, 9.17) is 33.3 Å². The first kappa shape index (κ1) is 27.8. The molecule has 0 bridgehead atoms. The topological polar surface area (TPSA) is 137 Å². The Morgan fingerprint density at radius 2 is 1.97 bits per heavy atom. The van der Waals surface area contributed by atoms with Crippen molar-refractivity contribution in [2.75, 3.05) is 18.4 Å². The van der Waals surface area contributed by atoms with Gasteiger partial charge >= 0.3 is 0 Å². The van der Waals surface area contributed by atoms with Crippen LogP contribution in [0.5, 0.6) is 5.75 Å². The van der Waals surface area contributed by atoms with Gasteiger partial charge in [0.2, 0.25) is 11.8 Å². The van der Waals surface area contributed by atoms with Gasteiger partial charge in [-0.3, -0.25) is 19.8 Å². The zero-order valence-electron chi connectivity index (χ0n) is 21.2.